The largest absolute Gasteiger partial charge is 0.493 e. The maximum atomic E-state index is 12.0. The molecule has 0 spiro atoms. The minimum Gasteiger partial charge on any atom is -0.493 e. The monoisotopic (exact) mass is 368 g/mol. The average Bonchev–Trinajstić information content (AvgIpc) is 2.87. The summed E-state index contributed by atoms with van der Waals surface area (Å²) in [7, 11) is 0. The highest BCUT2D eigenvalue weighted by atomic mass is 79.9. The molecule has 0 saturated heterocycles. The summed E-state index contributed by atoms with van der Waals surface area (Å²) in [5.41, 5.74) is 5.69. The van der Waals surface area contributed by atoms with E-state index in [4.69, 9.17) is 10.5 Å². The third kappa shape index (κ3) is 4.57. The number of hydrogen-bond acceptors (Lipinski definition) is 4. The fourth-order valence-corrected chi connectivity index (χ4v) is 2.99. The molecule has 0 fully saturated rings. The summed E-state index contributed by atoms with van der Waals surface area (Å²) in [6.45, 7) is 0.239. The second kappa shape index (κ2) is 7.24. The van der Waals surface area contributed by atoms with Crippen molar-refractivity contribution in [2.24, 2.45) is 5.73 Å². The first-order valence-corrected chi connectivity index (χ1v) is 7.79. The molecule has 1 aromatic carbocycles. The van der Waals surface area contributed by atoms with Crippen LogP contribution in [0.25, 0.3) is 0 Å². The number of rotatable bonds is 6. The lowest BCUT2D eigenvalue weighted by Gasteiger charge is -2.07. The predicted molar refractivity (Wildman–Crippen MR) is 85.7 cm³/mol. The number of carbonyl (C=O) groups is 2. The van der Waals surface area contributed by atoms with E-state index in [1.807, 2.05) is 11.4 Å². The number of nitrogens with one attached hydrogen (secondary N) is 1. The SMILES string of the molecule is NC(=O)CCOc1ccc(NC(=O)c2sccc2Br)cc1. The number of amides is 2. The Hall–Kier alpha value is -1.86. The van der Waals surface area contributed by atoms with Crippen LogP contribution in [0.5, 0.6) is 5.75 Å². The normalized spacial score (nSPS) is 10.1. The molecule has 0 unspecified atom stereocenters. The number of hydrogen-bond donors (Lipinski definition) is 2. The zero-order valence-corrected chi connectivity index (χ0v) is 13.4. The Morgan fingerprint density at radius 2 is 1.95 bits per heavy atom. The van der Waals surface area contributed by atoms with Crippen molar-refractivity contribution in [1.29, 1.82) is 0 Å². The Balaban J connectivity index is 1.92. The van der Waals surface area contributed by atoms with Crippen molar-refractivity contribution in [3.05, 3.63) is 45.1 Å². The van der Waals surface area contributed by atoms with E-state index in [9.17, 15) is 9.59 Å². The first kappa shape index (κ1) is 15.5. The molecule has 0 aliphatic rings. The number of thiophene rings is 1. The van der Waals surface area contributed by atoms with Gasteiger partial charge in [-0.3, -0.25) is 9.59 Å². The van der Waals surface area contributed by atoms with E-state index >= 15 is 0 Å². The lowest BCUT2D eigenvalue weighted by molar-refractivity contribution is -0.118. The molecule has 2 amide bonds. The van der Waals surface area contributed by atoms with Crippen LogP contribution in [0.1, 0.15) is 16.1 Å². The van der Waals surface area contributed by atoms with E-state index < -0.39 is 5.91 Å². The number of benzene rings is 1. The van der Waals surface area contributed by atoms with Gasteiger partial charge in [-0.25, -0.2) is 0 Å². The van der Waals surface area contributed by atoms with Crippen LogP contribution in [0.4, 0.5) is 5.69 Å². The molecule has 2 rings (SSSR count). The second-order valence-electron chi connectivity index (χ2n) is 4.14. The summed E-state index contributed by atoms with van der Waals surface area (Å²) < 4.78 is 6.12. The summed E-state index contributed by atoms with van der Waals surface area (Å²) in [4.78, 5) is 23.2. The van der Waals surface area contributed by atoms with Crippen LogP contribution in [0.3, 0.4) is 0 Å². The molecule has 0 atom stereocenters. The van der Waals surface area contributed by atoms with Crippen molar-refractivity contribution < 1.29 is 14.3 Å². The van der Waals surface area contributed by atoms with Crippen molar-refractivity contribution in [3.63, 3.8) is 0 Å². The zero-order valence-electron chi connectivity index (χ0n) is 11.0. The quantitative estimate of drug-likeness (QED) is 0.821. The van der Waals surface area contributed by atoms with Gasteiger partial charge in [-0.05, 0) is 51.6 Å². The molecular weight excluding hydrogens is 356 g/mol. The zero-order chi connectivity index (χ0) is 15.2. The van der Waals surface area contributed by atoms with Gasteiger partial charge < -0.3 is 15.8 Å². The smallest absolute Gasteiger partial charge is 0.266 e. The Labute approximate surface area is 134 Å². The molecule has 0 radical (unpaired) electrons. The Morgan fingerprint density at radius 3 is 2.52 bits per heavy atom. The maximum Gasteiger partial charge on any atom is 0.266 e. The lowest BCUT2D eigenvalue weighted by Crippen LogP contribution is -2.14. The van der Waals surface area contributed by atoms with Crippen molar-refractivity contribution in [3.8, 4) is 5.75 Å². The van der Waals surface area contributed by atoms with Crippen LogP contribution in [0.15, 0.2) is 40.2 Å². The third-order valence-corrected chi connectivity index (χ3v) is 4.39. The highest BCUT2D eigenvalue weighted by molar-refractivity contribution is 9.10. The molecule has 1 aromatic heterocycles. The van der Waals surface area contributed by atoms with E-state index in [1.54, 1.807) is 24.3 Å². The number of primary amides is 1. The molecule has 7 heteroatoms. The Bertz CT molecular complexity index is 640. The summed E-state index contributed by atoms with van der Waals surface area (Å²) in [6, 6.07) is 8.74. The van der Waals surface area contributed by atoms with Crippen molar-refractivity contribution >= 4 is 44.8 Å². The second-order valence-corrected chi connectivity index (χ2v) is 5.91. The molecule has 1 heterocycles. The maximum absolute atomic E-state index is 12.0. The van der Waals surface area contributed by atoms with E-state index in [-0.39, 0.29) is 18.9 Å². The van der Waals surface area contributed by atoms with Gasteiger partial charge in [0.2, 0.25) is 5.91 Å². The van der Waals surface area contributed by atoms with Gasteiger partial charge in [-0.2, -0.15) is 0 Å². The van der Waals surface area contributed by atoms with Gasteiger partial charge in [0.15, 0.2) is 0 Å². The van der Waals surface area contributed by atoms with Gasteiger partial charge in [-0.15, -0.1) is 11.3 Å². The van der Waals surface area contributed by atoms with E-state index in [2.05, 4.69) is 21.2 Å². The number of anilines is 1. The first-order chi connectivity index (χ1) is 10.1. The molecule has 0 aliphatic heterocycles. The van der Waals surface area contributed by atoms with Crippen LogP contribution in [-0.2, 0) is 4.79 Å². The van der Waals surface area contributed by atoms with Gasteiger partial charge in [0.1, 0.15) is 10.6 Å². The number of ether oxygens (including phenoxy) is 1. The van der Waals surface area contributed by atoms with Crippen LogP contribution >= 0.6 is 27.3 Å². The standard InChI is InChI=1S/C14H13BrN2O3S/c15-11-6-8-21-13(11)14(19)17-9-1-3-10(4-2-9)20-7-5-12(16)18/h1-4,6,8H,5,7H2,(H2,16,18)(H,17,19). The molecule has 5 nitrogen and oxygen atoms in total. The fraction of sp³-hybridized carbons (Fsp3) is 0.143. The van der Waals surface area contributed by atoms with Crippen LogP contribution in [-0.4, -0.2) is 18.4 Å². The van der Waals surface area contributed by atoms with Crippen molar-refractivity contribution in [2.75, 3.05) is 11.9 Å². The highest BCUT2D eigenvalue weighted by Crippen LogP contribution is 2.24. The fourth-order valence-electron chi connectivity index (χ4n) is 1.55. The Morgan fingerprint density at radius 1 is 1.24 bits per heavy atom. The summed E-state index contributed by atoms with van der Waals surface area (Å²) in [6.07, 6.45) is 0.172. The highest BCUT2D eigenvalue weighted by Gasteiger charge is 2.11. The molecule has 3 N–H and O–H groups in total. The topological polar surface area (TPSA) is 81.4 Å². The molecule has 21 heavy (non-hydrogen) atoms. The molecule has 2 aromatic rings. The molecule has 0 saturated carbocycles. The first-order valence-electron chi connectivity index (χ1n) is 6.12. The number of nitrogens with two attached hydrogens (primary N) is 1. The van der Waals surface area contributed by atoms with E-state index in [0.717, 1.165) is 4.47 Å². The molecular formula is C14H13BrN2O3S. The van der Waals surface area contributed by atoms with E-state index in [0.29, 0.717) is 16.3 Å². The molecule has 110 valence electrons. The Kier molecular flexibility index (Phi) is 5.35. The van der Waals surface area contributed by atoms with Gasteiger partial charge in [-0.1, -0.05) is 0 Å². The number of carbonyl (C=O) groups excluding carboxylic acids is 2. The lowest BCUT2D eigenvalue weighted by atomic mass is 10.3. The summed E-state index contributed by atoms with van der Waals surface area (Å²) in [5.74, 6) is 0.0474. The van der Waals surface area contributed by atoms with Gasteiger partial charge in [0.25, 0.3) is 5.91 Å². The summed E-state index contributed by atoms with van der Waals surface area (Å²) >= 11 is 4.69. The van der Waals surface area contributed by atoms with Crippen molar-refractivity contribution in [2.45, 2.75) is 6.42 Å². The van der Waals surface area contributed by atoms with Gasteiger partial charge >= 0.3 is 0 Å². The third-order valence-electron chi connectivity index (χ3n) is 2.55. The van der Waals surface area contributed by atoms with Crippen molar-refractivity contribution in [1.82, 2.24) is 0 Å². The molecule has 0 aliphatic carbocycles. The summed E-state index contributed by atoms with van der Waals surface area (Å²) in [5, 5.41) is 4.64. The number of halogens is 1. The average molecular weight is 369 g/mol. The minimum absolute atomic E-state index is 0.167. The van der Waals surface area contributed by atoms with E-state index in [1.165, 1.54) is 11.3 Å². The van der Waals surface area contributed by atoms with Crippen LogP contribution in [0.2, 0.25) is 0 Å². The predicted octanol–water partition coefficient (Wildman–Crippen LogP) is 3.02. The van der Waals surface area contributed by atoms with Gasteiger partial charge in [0, 0.05) is 10.2 Å². The van der Waals surface area contributed by atoms with Crippen LogP contribution in [0, 0.1) is 0 Å². The van der Waals surface area contributed by atoms with Crippen LogP contribution < -0.4 is 15.8 Å². The van der Waals surface area contributed by atoms with Gasteiger partial charge in [0.05, 0.1) is 13.0 Å². The minimum atomic E-state index is -0.402. The molecule has 0 bridgehead atoms.